The zero-order valence-corrected chi connectivity index (χ0v) is 12.5. The van der Waals surface area contributed by atoms with Crippen LogP contribution >= 0.6 is 11.3 Å². The van der Waals surface area contributed by atoms with Crippen LogP contribution in [0, 0.1) is 0 Å². The number of benzene rings is 1. The van der Waals surface area contributed by atoms with Gasteiger partial charge in [-0.3, -0.25) is 4.79 Å². The van der Waals surface area contributed by atoms with Crippen LogP contribution in [0.2, 0.25) is 0 Å². The van der Waals surface area contributed by atoms with E-state index in [2.05, 4.69) is 24.4 Å². The molecule has 0 radical (unpaired) electrons. The monoisotopic (exact) mass is 288 g/mol. The van der Waals surface area contributed by atoms with Crippen molar-refractivity contribution in [3.05, 3.63) is 57.3 Å². The van der Waals surface area contributed by atoms with E-state index >= 15 is 0 Å². The van der Waals surface area contributed by atoms with Crippen molar-refractivity contribution in [2.75, 3.05) is 6.54 Å². The van der Waals surface area contributed by atoms with Gasteiger partial charge in [-0.1, -0.05) is 31.2 Å². The van der Waals surface area contributed by atoms with E-state index in [0.717, 1.165) is 23.3 Å². The molecule has 3 N–H and O–H groups in total. The van der Waals surface area contributed by atoms with Gasteiger partial charge >= 0.3 is 0 Å². The molecule has 0 saturated heterocycles. The lowest BCUT2D eigenvalue weighted by molar-refractivity contribution is 0.0955. The number of thiophene rings is 1. The number of aryl methyl sites for hydroxylation is 1. The minimum absolute atomic E-state index is 0.000680. The van der Waals surface area contributed by atoms with Gasteiger partial charge in [0, 0.05) is 11.4 Å². The Kier molecular flexibility index (Phi) is 5.32. The molecule has 0 fully saturated rings. The summed E-state index contributed by atoms with van der Waals surface area (Å²) in [7, 11) is 0. The number of carbonyl (C=O) groups excluding carboxylic acids is 1. The Bertz CT molecular complexity index is 560. The zero-order chi connectivity index (χ0) is 14.4. The van der Waals surface area contributed by atoms with E-state index in [4.69, 9.17) is 5.73 Å². The van der Waals surface area contributed by atoms with Crippen LogP contribution in [0.25, 0.3) is 0 Å². The highest BCUT2D eigenvalue weighted by Gasteiger charge is 2.08. The van der Waals surface area contributed by atoms with E-state index in [-0.39, 0.29) is 5.91 Å². The summed E-state index contributed by atoms with van der Waals surface area (Å²) in [5.74, 6) is 0.000680. The lowest BCUT2D eigenvalue weighted by Crippen LogP contribution is -2.21. The summed E-state index contributed by atoms with van der Waals surface area (Å²) >= 11 is 1.56. The molecule has 106 valence electrons. The molecular formula is C16H20N2OS. The largest absolute Gasteiger partial charge is 0.347 e. The summed E-state index contributed by atoms with van der Waals surface area (Å²) in [6, 6.07) is 12.1. The third kappa shape index (κ3) is 3.92. The summed E-state index contributed by atoms with van der Waals surface area (Å²) in [5, 5.41) is 2.95. The van der Waals surface area contributed by atoms with Crippen LogP contribution in [0.15, 0.2) is 36.4 Å². The minimum atomic E-state index is 0.000680. The third-order valence-corrected chi connectivity index (χ3v) is 4.37. The maximum atomic E-state index is 12.0. The van der Waals surface area contributed by atoms with Crippen LogP contribution in [0.4, 0.5) is 0 Å². The Morgan fingerprint density at radius 2 is 1.85 bits per heavy atom. The molecule has 0 aliphatic carbocycles. The highest BCUT2D eigenvalue weighted by atomic mass is 32.1. The molecule has 0 aliphatic rings. The number of hydrogen-bond acceptors (Lipinski definition) is 3. The molecule has 0 aliphatic heterocycles. The van der Waals surface area contributed by atoms with Crippen molar-refractivity contribution in [2.45, 2.75) is 26.3 Å². The molecule has 0 spiro atoms. The molecule has 2 aromatic rings. The fourth-order valence-corrected chi connectivity index (χ4v) is 2.81. The molecule has 0 bridgehead atoms. The minimum Gasteiger partial charge on any atom is -0.347 e. The fraction of sp³-hybridized carbons (Fsp3) is 0.312. The van der Waals surface area contributed by atoms with E-state index < -0.39 is 0 Å². The lowest BCUT2D eigenvalue weighted by Gasteiger charge is -2.05. The lowest BCUT2D eigenvalue weighted by atomic mass is 10.1. The van der Waals surface area contributed by atoms with Gasteiger partial charge in [0.25, 0.3) is 5.91 Å². The highest BCUT2D eigenvalue weighted by molar-refractivity contribution is 7.14. The molecule has 2 rings (SSSR count). The quantitative estimate of drug-likeness (QED) is 0.858. The van der Waals surface area contributed by atoms with E-state index in [1.807, 2.05) is 24.3 Å². The van der Waals surface area contributed by atoms with Crippen molar-refractivity contribution in [3.63, 3.8) is 0 Å². The van der Waals surface area contributed by atoms with Gasteiger partial charge in [-0.15, -0.1) is 11.3 Å². The van der Waals surface area contributed by atoms with Crippen LogP contribution < -0.4 is 11.1 Å². The predicted molar refractivity (Wildman–Crippen MR) is 84.1 cm³/mol. The molecule has 4 heteroatoms. The second kappa shape index (κ2) is 7.22. The maximum absolute atomic E-state index is 12.0. The molecule has 1 aromatic carbocycles. The van der Waals surface area contributed by atoms with Gasteiger partial charge < -0.3 is 11.1 Å². The fourth-order valence-electron chi connectivity index (χ4n) is 1.95. The molecule has 0 atom stereocenters. The first-order valence-corrected chi connectivity index (χ1v) is 7.69. The molecule has 1 amide bonds. The van der Waals surface area contributed by atoms with E-state index in [9.17, 15) is 4.79 Å². The van der Waals surface area contributed by atoms with Gasteiger partial charge in [0.1, 0.15) is 0 Å². The number of carbonyl (C=O) groups is 1. The van der Waals surface area contributed by atoms with Crippen LogP contribution in [0.1, 0.15) is 32.6 Å². The standard InChI is InChI=1S/C16H20N2OS/c1-2-14-7-8-15(20-14)16(19)18-11-13-5-3-12(4-6-13)9-10-17/h3-8H,2,9-11,17H2,1H3,(H,18,19). The first kappa shape index (κ1) is 14.8. The summed E-state index contributed by atoms with van der Waals surface area (Å²) in [6.07, 6.45) is 1.86. The molecule has 0 saturated carbocycles. The Morgan fingerprint density at radius 3 is 2.45 bits per heavy atom. The van der Waals surface area contributed by atoms with Gasteiger partial charge in [-0.05, 0) is 42.6 Å². The van der Waals surface area contributed by atoms with Gasteiger partial charge in [-0.2, -0.15) is 0 Å². The van der Waals surface area contributed by atoms with Crippen molar-refractivity contribution < 1.29 is 4.79 Å². The number of rotatable bonds is 6. The number of hydrogen-bond donors (Lipinski definition) is 2. The van der Waals surface area contributed by atoms with Crippen molar-refractivity contribution in [1.82, 2.24) is 5.32 Å². The summed E-state index contributed by atoms with van der Waals surface area (Å²) in [5.41, 5.74) is 7.85. The molecule has 1 heterocycles. The second-order valence-corrected chi connectivity index (χ2v) is 5.83. The summed E-state index contributed by atoms with van der Waals surface area (Å²) < 4.78 is 0. The molecule has 1 aromatic heterocycles. The molecular weight excluding hydrogens is 268 g/mol. The van der Waals surface area contributed by atoms with Crippen LogP contribution in [0.5, 0.6) is 0 Å². The summed E-state index contributed by atoms with van der Waals surface area (Å²) in [4.78, 5) is 14.0. The van der Waals surface area contributed by atoms with E-state index in [0.29, 0.717) is 13.1 Å². The van der Waals surface area contributed by atoms with Gasteiger partial charge in [0.2, 0.25) is 0 Å². The maximum Gasteiger partial charge on any atom is 0.261 e. The topological polar surface area (TPSA) is 55.1 Å². The molecule has 0 unspecified atom stereocenters. The third-order valence-electron chi connectivity index (χ3n) is 3.14. The summed E-state index contributed by atoms with van der Waals surface area (Å²) in [6.45, 7) is 3.31. The zero-order valence-electron chi connectivity index (χ0n) is 11.7. The van der Waals surface area contributed by atoms with Crippen molar-refractivity contribution in [1.29, 1.82) is 0 Å². The van der Waals surface area contributed by atoms with E-state index in [1.165, 1.54) is 10.4 Å². The van der Waals surface area contributed by atoms with Crippen molar-refractivity contribution in [2.24, 2.45) is 5.73 Å². The smallest absolute Gasteiger partial charge is 0.261 e. The van der Waals surface area contributed by atoms with Crippen molar-refractivity contribution >= 4 is 17.2 Å². The first-order valence-electron chi connectivity index (χ1n) is 6.87. The predicted octanol–water partition coefficient (Wildman–Crippen LogP) is 2.74. The van der Waals surface area contributed by atoms with Crippen LogP contribution in [-0.4, -0.2) is 12.5 Å². The average Bonchev–Trinajstić information content (AvgIpc) is 2.95. The SMILES string of the molecule is CCc1ccc(C(=O)NCc2ccc(CCN)cc2)s1. The Balaban J connectivity index is 1.89. The highest BCUT2D eigenvalue weighted by Crippen LogP contribution is 2.16. The molecule has 3 nitrogen and oxygen atoms in total. The van der Waals surface area contributed by atoms with Crippen LogP contribution in [-0.2, 0) is 19.4 Å². The van der Waals surface area contributed by atoms with Crippen molar-refractivity contribution in [3.8, 4) is 0 Å². The first-order chi connectivity index (χ1) is 9.72. The van der Waals surface area contributed by atoms with Crippen LogP contribution in [0.3, 0.4) is 0 Å². The number of nitrogens with two attached hydrogens (primary N) is 1. The second-order valence-electron chi connectivity index (χ2n) is 4.66. The van der Waals surface area contributed by atoms with Gasteiger partial charge in [0.15, 0.2) is 0 Å². The number of amides is 1. The Labute approximate surface area is 123 Å². The van der Waals surface area contributed by atoms with Gasteiger partial charge in [-0.25, -0.2) is 0 Å². The van der Waals surface area contributed by atoms with Gasteiger partial charge in [0.05, 0.1) is 4.88 Å². The Hall–Kier alpha value is -1.65. The Morgan fingerprint density at radius 1 is 1.15 bits per heavy atom. The normalized spacial score (nSPS) is 10.5. The molecule has 20 heavy (non-hydrogen) atoms. The van der Waals surface area contributed by atoms with E-state index in [1.54, 1.807) is 11.3 Å². The number of nitrogens with one attached hydrogen (secondary N) is 1. The average molecular weight is 288 g/mol.